The van der Waals surface area contributed by atoms with Gasteiger partial charge in [-0.15, -0.1) is 0 Å². The summed E-state index contributed by atoms with van der Waals surface area (Å²) >= 11 is 0. The van der Waals surface area contributed by atoms with Crippen LogP contribution in [0.4, 0.5) is 17.6 Å². The number of nitrogens with zero attached hydrogens (tertiary/aromatic N) is 1. The van der Waals surface area contributed by atoms with E-state index in [1.165, 1.54) is 0 Å². The van der Waals surface area contributed by atoms with Crippen LogP contribution in [0.5, 0.6) is 0 Å². The molecule has 1 rings (SSSR count). The molecule has 1 aromatic carbocycles. The molecule has 0 aromatic heterocycles. The van der Waals surface area contributed by atoms with E-state index < -0.39 is 17.6 Å². The second kappa shape index (κ2) is 8.00. The minimum atomic E-state index is -4.60. The van der Waals surface area contributed by atoms with Crippen LogP contribution in [0, 0.1) is 5.82 Å². The lowest BCUT2D eigenvalue weighted by atomic mass is 10.1. The van der Waals surface area contributed by atoms with Crippen molar-refractivity contribution in [1.82, 2.24) is 10.6 Å². The van der Waals surface area contributed by atoms with Gasteiger partial charge in [0.1, 0.15) is 5.82 Å². The Hall–Kier alpha value is -1.79. The first-order chi connectivity index (χ1) is 10.3. The summed E-state index contributed by atoms with van der Waals surface area (Å²) in [5.74, 6) is -0.473. The summed E-state index contributed by atoms with van der Waals surface area (Å²) in [7, 11) is 0. The molecule has 124 valence electrons. The molecule has 0 saturated heterocycles. The molecule has 2 N–H and O–H groups in total. The van der Waals surface area contributed by atoms with E-state index in [4.69, 9.17) is 0 Å². The van der Waals surface area contributed by atoms with Crippen LogP contribution in [0.3, 0.4) is 0 Å². The second-order valence-corrected chi connectivity index (χ2v) is 4.95. The Morgan fingerprint density at radius 3 is 2.50 bits per heavy atom. The molecule has 0 spiro atoms. The SMILES string of the molecule is CCNC(=NCc1ccc(F)cc1C(F)(F)F)NC(C)CC. The predicted octanol–water partition coefficient (Wildman–Crippen LogP) is 3.70. The molecule has 7 heteroatoms. The van der Waals surface area contributed by atoms with Crippen LogP contribution in [0.25, 0.3) is 0 Å². The smallest absolute Gasteiger partial charge is 0.357 e. The van der Waals surface area contributed by atoms with Crippen LogP contribution in [0.2, 0.25) is 0 Å². The zero-order valence-corrected chi connectivity index (χ0v) is 12.9. The molecular formula is C15H21F4N3. The van der Waals surface area contributed by atoms with Crippen molar-refractivity contribution in [2.45, 2.75) is 46.0 Å². The first-order valence-corrected chi connectivity index (χ1v) is 7.18. The normalized spacial score (nSPS) is 13.9. The standard InChI is InChI=1S/C15H21F4N3/c1-4-10(3)22-14(20-5-2)21-9-11-6-7-12(16)8-13(11)15(17,18)19/h6-8,10H,4-5,9H2,1-3H3,(H2,20,21,22). The minimum absolute atomic E-state index is 0.0599. The van der Waals surface area contributed by atoms with Gasteiger partial charge in [-0.3, -0.25) is 0 Å². The molecular weight excluding hydrogens is 298 g/mol. The van der Waals surface area contributed by atoms with Crippen molar-refractivity contribution >= 4 is 5.96 Å². The van der Waals surface area contributed by atoms with Crippen molar-refractivity contribution in [2.24, 2.45) is 4.99 Å². The first-order valence-electron chi connectivity index (χ1n) is 7.18. The highest BCUT2D eigenvalue weighted by Gasteiger charge is 2.33. The lowest BCUT2D eigenvalue weighted by molar-refractivity contribution is -0.138. The Morgan fingerprint density at radius 1 is 1.27 bits per heavy atom. The molecule has 0 bridgehead atoms. The zero-order valence-electron chi connectivity index (χ0n) is 12.9. The average Bonchev–Trinajstić information content (AvgIpc) is 2.44. The van der Waals surface area contributed by atoms with E-state index in [0.29, 0.717) is 18.6 Å². The van der Waals surface area contributed by atoms with E-state index in [1.54, 1.807) is 0 Å². The summed E-state index contributed by atoms with van der Waals surface area (Å²) in [6.45, 7) is 6.22. The summed E-state index contributed by atoms with van der Waals surface area (Å²) in [6, 6.07) is 2.77. The third-order valence-corrected chi connectivity index (χ3v) is 3.12. The fourth-order valence-corrected chi connectivity index (χ4v) is 1.77. The topological polar surface area (TPSA) is 36.4 Å². The lowest BCUT2D eigenvalue weighted by Gasteiger charge is -2.17. The van der Waals surface area contributed by atoms with Crippen LogP contribution in [0.1, 0.15) is 38.3 Å². The van der Waals surface area contributed by atoms with E-state index in [1.807, 2.05) is 20.8 Å². The molecule has 0 heterocycles. The monoisotopic (exact) mass is 319 g/mol. The van der Waals surface area contributed by atoms with Gasteiger partial charge in [0.05, 0.1) is 12.1 Å². The Kier molecular flexibility index (Phi) is 6.64. The van der Waals surface area contributed by atoms with Gasteiger partial charge in [-0.2, -0.15) is 13.2 Å². The number of halogens is 4. The Labute approximate surface area is 127 Å². The highest BCUT2D eigenvalue weighted by Crippen LogP contribution is 2.32. The van der Waals surface area contributed by atoms with E-state index in [2.05, 4.69) is 15.6 Å². The van der Waals surface area contributed by atoms with Gasteiger partial charge in [-0.05, 0) is 38.0 Å². The van der Waals surface area contributed by atoms with Gasteiger partial charge in [0.25, 0.3) is 0 Å². The number of alkyl halides is 3. The van der Waals surface area contributed by atoms with E-state index >= 15 is 0 Å². The van der Waals surface area contributed by atoms with Crippen molar-refractivity contribution in [3.05, 3.63) is 35.1 Å². The fourth-order valence-electron chi connectivity index (χ4n) is 1.77. The molecule has 0 aliphatic rings. The number of aliphatic imine (C=N–C) groups is 1. The van der Waals surface area contributed by atoms with Crippen molar-refractivity contribution in [3.8, 4) is 0 Å². The maximum absolute atomic E-state index is 13.1. The second-order valence-electron chi connectivity index (χ2n) is 4.95. The van der Waals surface area contributed by atoms with Gasteiger partial charge in [0.2, 0.25) is 0 Å². The van der Waals surface area contributed by atoms with E-state index in [9.17, 15) is 17.6 Å². The highest BCUT2D eigenvalue weighted by atomic mass is 19.4. The van der Waals surface area contributed by atoms with Crippen molar-refractivity contribution in [2.75, 3.05) is 6.54 Å². The third kappa shape index (κ3) is 5.54. The molecule has 0 fully saturated rings. The highest BCUT2D eigenvalue weighted by molar-refractivity contribution is 5.80. The molecule has 0 aliphatic heterocycles. The van der Waals surface area contributed by atoms with Gasteiger partial charge in [-0.25, -0.2) is 9.38 Å². The van der Waals surface area contributed by atoms with Crippen molar-refractivity contribution in [1.29, 1.82) is 0 Å². The van der Waals surface area contributed by atoms with Gasteiger partial charge in [0.15, 0.2) is 5.96 Å². The van der Waals surface area contributed by atoms with Crippen molar-refractivity contribution in [3.63, 3.8) is 0 Å². The van der Waals surface area contributed by atoms with Crippen molar-refractivity contribution < 1.29 is 17.6 Å². The largest absolute Gasteiger partial charge is 0.416 e. The summed E-state index contributed by atoms with van der Waals surface area (Å²) in [6.07, 6.45) is -3.75. The molecule has 0 amide bonds. The number of hydrogen-bond acceptors (Lipinski definition) is 1. The molecule has 1 unspecified atom stereocenters. The number of rotatable bonds is 5. The number of benzene rings is 1. The number of nitrogens with one attached hydrogen (secondary N) is 2. The van der Waals surface area contributed by atoms with Crippen LogP contribution in [-0.4, -0.2) is 18.5 Å². The maximum Gasteiger partial charge on any atom is 0.416 e. The number of hydrogen-bond donors (Lipinski definition) is 2. The van der Waals surface area contributed by atoms with Gasteiger partial charge in [0, 0.05) is 12.6 Å². The van der Waals surface area contributed by atoms with Crippen LogP contribution in [-0.2, 0) is 12.7 Å². The summed E-state index contributed by atoms with van der Waals surface area (Å²) in [5.41, 5.74) is -1.05. The van der Waals surface area contributed by atoms with Crippen LogP contribution >= 0.6 is 0 Å². The summed E-state index contributed by atoms with van der Waals surface area (Å²) < 4.78 is 51.8. The summed E-state index contributed by atoms with van der Waals surface area (Å²) in [4.78, 5) is 4.15. The van der Waals surface area contributed by atoms with Crippen LogP contribution in [0.15, 0.2) is 23.2 Å². The molecule has 1 atom stereocenters. The van der Waals surface area contributed by atoms with E-state index in [0.717, 1.165) is 18.6 Å². The Balaban J connectivity index is 2.99. The van der Waals surface area contributed by atoms with Crippen LogP contribution < -0.4 is 10.6 Å². The molecule has 1 aromatic rings. The zero-order chi connectivity index (χ0) is 16.8. The Morgan fingerprint density at radius 2 is 1.95 bits per heavy atom. The Bertz CT molecular complexity index is 512. The minimum Gasteiger partial charge on any atom is -0.357 e. The average molecular weight is 319 g/mol. The molecule has 0 aliphatic carbocycles. The predicted molar refractivity (Wildman–Crippen MR) is 79.1 cm³/mol. The molecule has 0 saturated carbocycles. The van der Waals surface area contributed by atoms with Gasteiger partial charge >= 0.3 is 6.18 Å². The maximum atomic E-state index is 13.1. The van der Waals surface area contributed by atoms with Gasteiger partial charge in [-0.1, -0.05) is 13.0 Å². The first kappa shape index (κ1) is 18.3. The van der Waals surface area contributed by atoms with E-state index in [-0.39, 0.29) is 18.2 Å². The fraction of sp³-hybridized carbons (Fsp3) is 0.533. The third-order valence-electron chi connectivity index (χ3n) is 3.12. The molecule has 0 radical (unpaired) electrons. The summed E-state index contributed by atoms with van der Waals surface area (Å²) in [5, 5.41) is 6.06. The lowest BCUT2D eigenvalue weighted by Crippen LogP contribution is -2.42. The quantitative estimate of drug-likeness (QED) is 0.493. The van der Waals surface area contributed by atoms with Gasteiger partial charge < -0.3 is 10.6 Å². The molecule has 22 heavy (non-hydrogen) atoms. The number of guanidine groups is 1. The molecule has 3 nitrogen and oxygen atoms in total.